The smallest absolute Gasteiger partial charge is 1.00 e. The van der Waals surface area contributed by atoms with Crippen LogP contribution in [0.1, 0.15) is 72.6 Å². The SMILES string of the molecule is CCCCCCCCCCCCOCCOP(=O)(O)O.[H-].[K+]. The molecule has 0 radical (unpaired) electrons. The molecule has 0 aromatic rings. The van der Waals surface area contributed by atoms with Gasteiger partial charge in [0.15, 0.2) is 0 Å². The summed E-state index contributed by atoms with van der Waals surface area (Å²) in [5.41, 5.74) is 0. The van der Waals surface area contributed by atoms with Crippen LogP contribution in [-0.4, -0.2) is 29.6 Å². The molecule has 0 bridgehead atoms. The van der Waals surface area contributed by atoms with Crippen LogP contribution < -0.4 is 51.4 Å². The van der Waals surface area contributed by atoms with Gasteiger partial charge in [-0.15, -0.1) is 0 Å². The molecule has 0 amide bonds. The second kappa shape index (κ2) is 18.1. The zero-order valence-electron chi connectivity index (χ0n) is 14.8. The minimum atomic E-state index is -4.33. The van der Waals surface area contributed by atoms with Crippen LogP contribution in [0.2, 0.25) is 0 Å². The van der Waals surface area contributed by atoms with Crippen LogP contribution in [0.15, 0.2) is 0 Å². The molecule has 0 aromatic heterocycles. The van der Waals surface area contributed by atoms with Gasteiger partial charge in [0.1, 0.15) is 0 Å². The average molecular weight is 350 g/mol. The van der Waals surface area contributed by atoms with E-state index in [1.807, 2.05) is 0 Å². The Morgan fingerprint density at radius 2 is 1.29 bits per heavy atom. The van der Waals surface area contributed by atoms with Crippen LogP contribution in [0.5, 0.6) is 0 Å². The Bertz CT molecular complexity index is 253. The van der Waals surface area contributed by atoms with E-state index in [4.69, 9.17) is 14.5 Å². The topological polar surface area (TPSA) is 76.0 Å². The Morgan fingerprint density at radius 1 is 0.810 bits per heavy atom. The van der Waals surface area contributed by atoms with Gasteiger partial charge in [-0.3, -0.25) is 4.52 Å². The van der Waals surface area contributed by atoms with E-state index in [1.54, 1.807) is 0 Å². The Hall–Kier alpha value is 1.71. The zero-order valence-corrected chi connectivity index (χ0v) is 17.8. The molecule has 2 N–H and O–H groups in total. The van der Waals surface area contributed by atoms with Crippen molar-refractivity contribution in [3.63, 3.8) is 0 Å². The van der Waals surface area contributed by atoms with E-state index in [0.29, 0.717) is 6.61 Å². The van der Waals surface area contributed by atoms with E-state index in [9.17, 15) is 4.57 Å². The predicted octanol–water partition coefficient (Wildman–Crippen LogP) is 1.15. The number of rotatable bonds is 15. The largest absolute Gasteiger partial charge is 1.00 e. The molecule has 0 aromatic carbocycles. The van der Waals surface area contributed by atoms with Crippen molar-refractivity contribution in [2.45, 2.75) is 71.1 Å². The molecule has 0 spiro atoms. The molecule has 0 rings (SSSR count). The van der Waals surface area contributed by atoms with E-state index in [0.717, 1.165) is 12.8 Å². The van der Waals surface area contributed by atoms with Crippen LogP contribution in [0, 0.1) is 0 Å². The van der Waals surface area contributed by atoms with E-state index in [1.165, 1.54) is 51.4 Å². The van der Waals surface area contributed by atoms with Gasteiger partial charge in [0.25, 0.3) is 0 Å². The summed E-state index contributed by atoms with van der Waals surface area (Å²) in [6, 6.07) is 0. The number of phosphoric acid groups is 1. The summed E-state index contributed by atoms with van der Waals surface area (Å²) < 4.78 is 19.9. The number of hydrogen-bond donors (Lipinski definition) is 2. The molecule has 0 saturated carbocycles. The molecule has 0 aliphatic carbocycles. The van der Waals surface area contributed by atoms with Crippen molar-refractivity contribution in [3.05, 3.63) is 0 Å². The summed E-state index contributed by atoms with van der Waals surface area (Å²) in [5, 5.41) is 0. The van der Waals surface area contributed by atoms with E-state index in [-0.39, 0.29) is 66.0 Å². The number of phosphoric ester groups is 1. The third-order valence-electron chi connectivity index (χ3n) is 3.13. The summed E-state index contributed by atoms with van der Waals surface area (Å²) in [6.45, 7) is 3.06. The summed E-state index contributed by atoms with van der Waals surface area (Å²) in [5.74, 6) is 0. The third kappa shape index (κ3) is 24.1. The van der Waals surface area contributed by atoms with Crippen molar-refractivity contribution in [2.24, 2.45) is 0 Å². The van der Waals surface area contributed by atoms with E-state index >= 15 is 0 Å². The molecule has 0 heterocycles. The normalized spacial score (nSPS) is 11.4. The first kappa shape index (κ1) is 25.0. The summed E-state index contributed by atoms with van der Waals surface area (Å²) >= 11 is 0. The maximum Gasteiger partial charge on any atom is 1.00 e. The van der Waals surface area contributed by atoms with Crippen molar-refractivity contribution in [2.75, 3.05) is 19.8 Å². The molecule has 5 nitrogen and oxygen atoms in total. The molecule has 0 atom stereocenters. The second-order valence-corrected chi connectivity index (χ2v) is 6.36. The standard InChI is InChI=1S/C14H31O5P.K.H/c1-2-3-4-5-6-7-8-9-10-11-12-18-13-14-19-20(15,16)17;;/h2-14H2,1H3,(H2,15,16,17);;/q;+1;-1. The predicted molar refractivity (Wildman–Crippen MR) is 81.8 cm³/mol. The van der Waals surface area contributed by atoms with Crippen molar-refractivity contribution in [1.82, 2.24) is 0 Å². The molecule has 0 aliphatic rings. The van der Waals surface area contributed by atoms with Gasteiger partial charge < -0.3 is 16.0 Å². The first-order valence-corrected chi connectivity index (χ1v) is 9.37. The van der Waals surface area contributed by atoms with Crippen molar-refractivity contribution >= 4 is 7.82 Å². The summed E-state index contributed by atoms with van der Waals surface area (Å²) in [4.78, 5) is 16.9. The molecule has 124 valence electrons. The molecule has 0 saturated heterocycles. The molecule has 0 aliphatic heterocycles. The number of hydrogen-bond acceptors (Lipinski definition) is 3. The molecular formula is C14H32KO5P. The van der Waals surface area contributed by atoms with Gasteiger partial charge >= 0.3 is 59.2 Å². The van der Waals surface area contributed by atoms with Gasteiger partial charge in [-0.25, -0.2) is 4.57 Å². The number of unbranched alkanes of at least 4 members (excludes halogenated alkanes) is 9. The second-order valence-electron chi connectivity index (χ2n) is 5.12. The van der Waals surface area contributed by atoms with Gasteiger partial charge in [0, 0.05) is 6.61 Å². The van der Waals surface area contributed by atoms with E-state index < -0.39 is 7.82 Å². The van der Waals surface area contributed by atoms with Gasteiger partial charge in [0.05, 0.1) is 13.2 Å². The molecule has 0 unspecified atom stereocenters. The molecule has 0 fully saturated rings. The maximum absolute atomic E-state index is 10.4. The minimum Gasteiger partial charge on any atom is -1.00 e. The zero-order chi connectivity index (χ0) is 15.1. The fraction of sp³-hybridized carbons (Fsp3) is 1.00. The Labute approximate surface area is 173 Å². The van der Waals surface area contributed by atoms with Crippen LogP contribution in [0.3, 0.4) is 0 Å². The fourth-order valence-electron chi connectivity index (χ4n) is 2.01. The van der Waals surface area contributed by atoms with Gasteiger partial charge in [-0.1, -0.05) is 64.7 Å². The minimum absolute atomic E-state index is 0. The van der Waals surface area contributed by atoms with Crippen molar-refractivity contribution in [1.29, 1.82) is 0 Å². The van der Waals surface area contributed by atoms with Crippen LogP contribution in [-0.2, 0) is 13.8 Å². The number of ether oxygens (including phenoxy) is 1. The third-order valence-corrected chi connectivity index (χ3v) is 3.65. The molecule has 21 heavy (non-hydrogen) atoms. The maximum atomic E-state index is 10.4. The first-order valence-electron chi connectivity index (χ1n) is 7.84. The summed E-state index contributed by atoms with van der Waals surface area (Å²) in [6.07, 6.45) is 12.8. The van der Waals surface area contributed by atoms with Crippen molar-refractivity contribution < 1.29 is 76.4 Å². The van der Waals surface area contributed by atoms with E-state index in [2.05, 4.69) is 11.4 Å². The summed E-state index contributed by atoms with van der Waals surface area (Å²) in [7, 11) is -4.33. The first-order chi connectivity index (χ1) is 9.56. The quantitative estimate of drug-likeness (QED) is 0.263. The Morgan fingerprint density at radius 3 is 1.76 bits per heavy atom. The monoisotopic (exact) mass is 350 g/mol. The van der Waals surface area contributed by atoms with Crippen LogP contribution in [0.4, 0.5) is 0 Å². The molecular weight excluding hydrogens is 318 g/mol. The Kier molecular flexibility index (Phi) is 21.4. The fourth-order valence-corrected chi connectivity index (χ4v) is 2.32. The molecule has 7 heteroatoms. The average Bonchev–Trinajstić information content (AvgIpc) is 2.38. The van der Waals surface area contributed by atoms with Crippen molar-refractivity contribution in [3.8, 4) is 0 Å². The van der Waals surface area contributed by atoms with Gasteiger partial charge in [-0.2, -0.15) is 0 Å². The van der Waals surface area contributed by atoms with Gasteiger partial charge in [-0.05, 0) is 6.42 Å². The van der Waals surface area contributed by atoms with Crippen LogP contribution in [0.25, 0.3) is 0 Å². The van der Waals surface area contributed by atoms with Gasteiger partial charge in [0.2, 0.25) is 0 Å². The van der Waals surface area contributed by atoms with Crippen LogP contribution >= 0.6 is 7.82 Å². The Balaban J connectivity index is -0.00000180.